The molecule has 0 fully saturated rings. The highest BCUT2D eigenvalue weighted by Crippen LogP contribution is 2.22. The number of hydrogen-bond acceptors (Lipinski definition) is 1. The first kappa shape index (κ1) is 14.4. The molecule has 1 N–H and O–H groups in total. The Labute approximate surface area is 92.6 Å². The van der Waals surface area contributed by atoms with E-state index in [0.29, 0.717) is 5.92 Å². The summed E-state index contributed by atoms with van der Waals surface area (Å²) in [5, 5.41) is 2.71. The lowest BCUT2D eigenvalue weighted by molar-refractivity contribution is -0.120. The number of amides is 1. The van der Waals surface area contributed by atoms with E-state index < -0.39 is 6.67 Å². The van der Waals surface area contributed by atoms with Crippen molar-refractivity contribution in [3.8, 4) is 0 Å². The zero-order valence-electron chi connectivity index (χ0n) is 10.3. The molecule has 2 nitrogen and oxygen atoms in total. The summed E-state index contributed by atoms with van der Waals surface area (Å²) < 4.78 is 12.8. The van der Waals surface area contributed by atoms with Crippen LogP contribution >= 0.6 is 0 Å². The van der Waals surface area contributed by atoms with Crippen LogP contribution in [0.4, 0.5) is 4.39 Å². The van der Waals surface area contributed by atoms with Gasteiger partial charge in [-0.25, -0.2) is 4.39 Å². The molecule has 90 valence electrons. The smallest absolute Gasteiger partial charge is 0.217 e. The number of hydrogen-bond donors (Lipinski definition) is 1. The quantitative estimate of drug-likeness (QED) is 0.698. The van der Waals surface area contributed by atoms with Gasteiger partial charge < -0.3 is 5.32 Å². The van der Waals surface area contributed by atoms with E-state index >= 15 is 0 Å². The summed E-state index contributed by atoms with van der Waals surface area (Å²) in [6.45, 7) is 7.28. The SMILES string of the molecule is CCCCC(C(C)C)[C@@H](CF)NC(C)=O. The maximum atomic E-state index is 12.8. The molecule has 0 aliphatic carbocycles. The van der Waals surface area contributed by atoms with E-state index in [1.54, 1.807) is 0 Å². The minimum atomic E-state index is -0.466. The molecule has 0 saturated heterocycles. The number of rotatable bonds is 7. The highest BCUT2D eigenvalue weighted by Gasteiger charge is 2.24. The third-order valence-electron chi connectivity index (χ3n) is 2.82. The molecule has 0 spiro atoms. The highest BCUT2D eigenvalue weighted by molar-refractivity contribution is 5.73. The molecule has 0 aromatic heterocycles. The molecule has 3 heteroatoms. The molecular formula is C12H24FNO. The monoisotopic (exact) mass is 217 g/mol. The summed E-state index contributed by atoms with van der Waals surface area (Å²) in [7, 11) is 0. The second kappa shape index (κ2) is 7.66. The summed E-state index contributed by atoms with van der Waals surface area (Å²) >= 11 is 0. The summed E-state index contributed by atoms with van der Waals surface area (Å²) in [5.41, 5.74) is 0. The molecular weight excluding hydrogens is 193 g/mol. The summed E-state index contributed by atoms with van der Waals surface area (Å²) in [6, 6.07) is -0.311. The van der Waals surface area contributed by atoms with Gasteiger partial charge in [-0.1, -0.05) is 33.6 Å². The van der Waals surface area contributed by atoms with Crippen LogP contribution in [0.5, 0.6) is 0 Å². The van der Waals surface area contributed by atoms with Crippen molar-refractivity contribution >= 4 is 5.91 Å². The van der Waals surface area contributed by atoms with Crippen LogP contribution in [-0.4, -0.2) is 18.6 Å². The fourth-order valence-corrected chi connectivity index (χ4v) is 1.96. The van der Waals surface area contributed by atoms with Gasteiger partial charge in [0.05, 0.1) is 6.04 Å². The first-order valence-electron chi connectivity index (χ1n) is 5.86. The van der Waals surface area contributed by atoms with Gasteiger partial charge >= 0.3 is 0 Å². The molecule has 1 unspecified atom stereocenters. The summed E-state index contributed by atoms with van der Waals surface area (Å²) in [5.74, 6) is 0.516. The Bertz CT molecular complexity index is 182. The zero-order chi connectivity index (χ0) is 11.8. The van der Waals surface area contributed by atoms with Crippen LogP contribution in [0.25, 0.3) is 0 Å². The predicted octanol–water partition coefficient (Wildman–Crippen LogP) is 2.92. The Hall–Kier alpha value is -0.600. The van der Waals surface area contributed by atoms with Crippen LogP contribution in [0.1, 0.15) is 47.0 Å². The maximum Gasteiger partial charge on any atom is 0.217 e. The van der Waals surface area contributed by atoms with Crippen molar-refractivity contribution < 1.29 is 9.18 Å². The fourth-order valence-electron chi connectivity index (χ4n) is 1.96. The summed E-state index contributed by atoms with van der Waals surface area (Å²) in [4.78, 5) is 10.9. The normalized spacial score (nSPS) is 15.1. The molecule has 15 heavy (non-hydrogen) atoms. The van der Waals surface area contributed by atoms with Crippen molar-refractivity contribution in [2.24, 2.45) is 11.8 Å². The van der Waals surface area contributed by atoms with Gasteiger partial charge in [-0.05, 0) is 18.3 Å². The molecule has 0 bridgehead atoms. The average molecular weight is 217 g/mol. The van der Waals surface area contributed by atoms with Crippen LogP contribution in [0.2, 0.25) is 0 Å². The molecule has 0 aliphatic heterocycles. The zero-order valence-corrected chi connectivity index (χ0v) is 10.3. The lowest BCUT2D eigenvalue weighted by atomic mass is 9.84. The number of alkyl halides is 1. The lowest BCUT2D eigenvalue weighted by Crippen LogP contribution is -2.42. The molecule has 0 saturated carbocycles. The van der Waals surface area contributed by atoms with Gasteiger partial charge in [0.25, 0.3) is 0 Å². The third kappa shape index (κ3) is 5.75. The van der Waals surface area contributed by atoms with E-state index in [4.69, 9.17) is 0 Å². The maximum absolute atomic E-state index is 12.8. The molecule has 2 atom stereocenters. The van der Waals surface area contributed by atoms with E-state index in [0.717, 1.165) is 19.3 Å². The van der Waals surface area contributed by atoms with Gasteiger partial charge in [-0.15, -0.1) is 0 Å². The van der Waals surface area contributed by atoms with Gasteiger partial charge in [-0.3, -0.25) is 4.79 Å². The Morgan fingerprint density at radius 2 is 2.00 bits per heavy atom. The fraction of sp³-hybridized carbons (Fsp3) is 0.917. The number of unbranched alkanes of at least 4 members (excludes halogenated alkanes) is 1. The third-order valence-corrected chi connectivity index (χ3v) is 2.82. The molecule has 0 rings (SSSR count). The molecule has 0 heterocycles. The van der Waals surface area contributed by atoms with Crippen molar-refractivity contribution in [3.05, 3.63) is 0 Å². The van der Waals surface area contributed by atoms with Crippen molar-refractivity contribution in [1.29, 1.82) is 0 Å². The topological polar surface area (TPSA) is 29.1 Å². The Kier molecular flexibility index (Phi) is 7.35. The largest absolute Gasteiger partial charge is 0.351 e. The second-order valence-corrected chi connectivity index (χ2v) is 4.51. The Morgan fingerprint density at radius 1 is 1.40 bits per heavy atom. The second-order valence-electron chi connectivity index (χ2n) is 4.51. The van der Waals surface area contributed by atoms with Gasteiger partial charge in [0, 0.05) is 6.92 Å². The van der Waals surface area contributed by atoms with Crippen LogP contribution < -0.4 is 5.32 Å². The number of carbonyl (C=O) groups is 1. The van der Waals surface area contributed by atoms with Crippen LogP contribution in [0, 0.1) is 11.8 Å². The van der Waals surface area contributed by atoms with Crippen molar-refractivity contribution in [2.45, 2.75) is 53.0 Å². The van der Waals surface area contributed by atoms with Gasteiger partial charge in [0.1, 0.15) is 6.67 Å². The van der Waals surface area contributed by atoms with Gasteiger partial charge in [0.2, 0.25) is 5.91 Å². The van der Waals surface area contributed by atoms with Crippen molar-refractivity contribution in [2.75, 3.05) is 6.67 Å². The number of carbonyl (C=O) groups excluding carboxylic acids is 1. The molecule has 0 radical (unpaired) electrons. The highest BCUT2D eigenvalue weighted by atomic mass is 19.1. The minimum Gasteiger partial charge on any atom is -0.351 e. The van der Waals surface area contributed by atoms with Gasteiger partial charge in [0.15, 0.2) is 0 Å². The number of halogens is 1. The first-order valence-corrected chi connectivity index (χ1v) is 5.86. The standard InChI is InChI=1S/C12H24FNO/c1-5-6-7-11(9(2)3)12(8-13)14-10(4)15/h9,11-12H,5-8H2,1-4H3,(H,14,15)/t11?,12-/m1/s1. The number of nitrogens with one attached hydrogen (secondary N) is 1. The predicted molar refractivity (Wildman–Crippen MR) is 61.4 cm³/mol. The van der Waals surface area contributed by atoms with E-state index in [2.05, 4.69) is 26.1 Å². The van der Waals surface area contributed by atoms with E-state index in [-0.39, 0.29) is 17.9 Å². The molecule has 0 aliphatic rings. The Morgan fingerprint density at radius 3 is 2.33 bits per heavy atom. The average Bonchev–Trinajstić information content (AvgIpc) is 2.15. The van der Waals surface area contributed by atoms with E-state index in [9.17, 15) is 9.18 Å². The lowest BCUT2D eigenvalue weighted by Gasteiger charge is -2.28. The summed E-state index contributed by atoms with van der Waals surface area (Å²) in [6.07, 6.45) is 3.20. The molecule has 1 amide bonds. The first-order chi connectivity index (χ1) is 7.02. The Balaban J connectivity index is 4.33. The van der Waals surface area contributed by atoms with E-state index in [1.165, 1.54) is 6.92 Å². The minimum absolute atomic E-state index is 0.139. The van der Waals surface area contributed by atoms with Crippen molar-refractivity contribution in [1.82, 2.24) is 5.32 Å². The van der Waals surface area contributed by atoms with E-state index in [1.807, 2.05) is 0 Å². The molecule has 0 aromatic carbocycles. The van der Waals surface area contributed by atoms with Crippen LogP contribution in [0.15, 0.2) is 0 Å². The van der Waals surface area contributed by atoms with Gasteiger partial charge in [-0.2, -0.15) is 0 Å². The van der Waals surface area contributed by atoms with Crippen molar-refractivity contribution in [3.63, 3.8) is 0 Å². The molecule has 0 aromatic rings. The van der Waals surface area contributed by atoms with Crippen LogP contribution in [0.3, 0.4) is 0 Å². The van der Waals surface area contributed by atoms with Crippen LogP contribution in [-0.2, 0) is 4.79 Å².